The second kappa shape index (κ2) is 5.80. The van der Waals surface area contributed by atoms with Gasteiger partial charge in [0.05, 0.1) is 5.69 Å². The van der Waals surface area contributed by atoms with Crippen molar-refractivity contribution in [3.63, 3.8) is 0 Å². The lowest BCUT2D eigenvalue weighted by Crippen LogP contribution is -2.32. The molecule has 0 aliphatic heterocycles. The zero-order valence-corrected chi connectivity index (χ0v) is 13.3. The first-order chi connectivity index (χ1) is 10.2. The van der Waals surface area contributed by atoms with Gasteiger partial charge in [-0.15, -0.1) is 0 Å². The minimum atomic E-state index is -4.11. The van der Waals surface area contributed by atoms with E-state index in [1.807, 2.05) is 6.92 Å². The van der Waals surface area contributed by atoms with Crippen molar-refractivity contribution in [2.45, 2.75) is 26.0 Å². The van der Waals surface area contributed by atoms with Gasteiger partial charge >= 0.3 is 0 Å². The molecule has 0 aliphatic rings. The Morgan fingerprint density at radius 2 is 1.82 bits per heavy atom. The summed E-state index contributed by atoms with van der Waals surface area (Å²) in [6, 6.07) is 6.54. The van der Waals surface area contributed by atoms with E-state index in [4.69, 9.17) is 10.3 Å². The smallest absolute Gasteiger partial charge is 0.251 e. The number of benzene rings is 1. The molecule has 1 atom stereocenters. The molecule has 1 unspecified atom stereocenters. The average Bonchev–Trinajstić information content (AvgIpc) is 2.72. The fraction of sp³-hybridized carbons (Fsp3) is 0.286. The highest BCUT2D eigenvalue weighted by Gasteiger charge is 2.34. The first-order valence-electron chi connectivity index (χ1n) is 6.52. The van der Waals surface area contributed by atoms with Gasteiger partial charge in [-0.3, -0.25) is 4.79 Å². The molecule has 0 spiro atoms. The zero-order valence-electron chi connectivity index (χ0n) is 12.5. The Hall–Kier alpha value is -2.35. The molecule has 2 rings (SSSR count). The first kappa shape index (κ1) is 16.0. The number of aryl methyl sites for hydroxylation is 2. The van der Waals surface area contributed by atoms with Gasteiger partial charge in [-0.2, -0.15) is 0 Å². The number of hydrogen-bond donors (Lipinski definition) is 2. The van der Waals surface area contributed by atoms with Crippen LogP contribution in [0.1, 0.15) is 27.6 Å². The Morgan fingerprint density at radius 3 is 2.27 bits per heavy atom. The first-order valence-corrected chi connectivity index (χ1v) is 8.07. The van der Waals surface area contributed by atoms with Crippen LogP contribution in [-0.4, -0.2) is 19.5 Å². The van der Waals surface area contributed by atoms with Crippen molar-refractivity contribution in [1.82, 2.24) is 5.16 Å². The number of nitrogens with one attached hydrogen (secondary N) is 1. The van der Waals surface area contributed by atoms with E-state index in [9.17, 15) is 13.2 Å². The quantitative estimate of drug-likeness (QED) is 0.866. The van der Waals surface area contributed by atoms with Crippen LogP contribution < -0.4 is 10.5 Å². The van der Waals surface area contributed by atoms with E-state index in [1.54, 1.807) is 38.1 Å². The lowest BCUT2D eigenvalue weighted by molar-refractivity contribution is -0.117. The number of nitrogens with zero attached hydrogens (tertiary/aromatic N) is 1. The lowest BCUT2D eigenvalue weighted by Gasteiger charge is -2.15. The molecule has 7 nitrogen and oxygen atoms in total. The standard InChI is InChI=1S/C14H17N3O4S/c1-8-4-6-11(7-5-8)12(13(15)18)22(19,20)17-14-9(2)10(3)16-21-14/h4-7,12,17H,1-3H3,(H2,15,18). The number of sulfonamides is 1. The molecule has 0 bridgehead atoms. The van der Waals surface area contributed by atoms with Crippen molar-refractivity contribution in [2.24, 2.45) is 5.73 Å². The zero-order chi connectivity index (χ0) is 16.5. The van der Waals surface area contributed by atoms with E-state index >= 15 is 0 Å². The Balaban J connectivity index is 2.41. The summed E-state index contributed by atoms with van der Waals surface area (Å²) in [4.78, 5) is 11.7. The number of carbonyl (C=O) groups excluding carboxylic acids is 1. The number of amides is 1. The van der Waals surface area contributed by atoms with Crippen molar-refractivity contribution in [3.05, 3.63) is 46.6 Å². The third-order valence-corrected chi connectivity index (χ3v) is 4.94. The van der Waals surface area contributed by atoms with Crippen LogP contribution in [-0.2, 0) is 14.8 Å². The molecule has 1 aromatic heterocycles. The van der Waals surface area contributed by atoms with Crippen LogP contribution in [0, 0.1) is 20.8 Å². The molecule has 1 amide bonds. The highest BCUT2D eigenvalue weighted by Crippen LogP contribution is 2.27. The minimum Gasteiger partial charge on any atom is -0.368 e. The van der Waals surface area contributed by atoms with Gasteiger partial charge in [0.1, 0.15) is 0 Å². The van der Waals surface area contributed by atoms with E-state index in [1.165, 1.54) is 0 Å². The molecular formula is C14H17N3O4S. The van der Waals surface area contributed by atoms with E-state index < -0.39 is 21.2 Å². The third-order valence-electron chi connectivity index (χ3n) is 3.34. The van der Waals surface area contributed by atoms with Gasteiger partial charge in [-0.05, 0) is 26.3 Å². The van der Waals surface area contributed by atoms with Crippen molar-refractivity contribution in [2.75, 3.05) is 4.72 Å². The van der Waals surface area contributed by atoms with Gasteiger partial charge in [0.15, 0.2) is 5.25 Å². The number of hydrogen-bond acceptors (Lipinski definition) is 5. The molecule has 3 N–H and O–H groups in total. The molecule has 8 heteroatoms. The molecule has 2 aromatic rings. The van der Waals surface area contributed by atoms with E-state index in [0.29, 0.717) is 16.8 Å². The second-order valence-corrected chi connectivity index (χ2v) is 6.83. The lowest BCUT2D eigenvalue weighted by atomic mass is 10.1. The van der Waals surface area contributed by atoms with Gasteiger partial charge in [0.2, 0.25) is 11.8 Å². The van der Waals surface area contributed by atoms with Gasteiger partial charge in [-0.25, -0.2) is 13.1 Å². The molecule has 22 heavy (non-hydrogen) atoms. The Labute approximate surface area is 128 Å². The van der Waals surface area contributed by atoms with Crippen LogP contribution in [0.25, 0.3) is 0 Å². The predicted molar refractivity (Wildman–Crippen MR) is 81.6 cm³/mol. The van der Waals surface area contributed by atoms with Crippen LogP contribution in [0.5, 0.6) is 0 Å². The van der Waals surface area contributed by atoms with E-state index in [0.717, 1.165) is 5.56 Å². The summed E-state index contributed by atoms with van der Waals surface area (Å²) in [6.45, 7) is 5.20. The Morgan fingerprint density at radius 1 is 1.23 bits per heavy atom. The molecular weight excluding hydrogens is 306 g/mol. The Kier molecular flexibility index (Phi) is 4.23. The van der Waals surface area contributed by atoms with Crippen LogP contribution in [0.2, 0.25) is 0 Å². The number of primary amides is 1. The maximum atomic E-state index is 12.5. The Bertz CT molecular complexity index is 794. The minimum absolute atomic E-state index is 0.0177. The number of anilines is 1. The van der Waals surface area contributed by atoms with Crippen LogP contribution in [0.4, 0.5) is 5.88 Å². The number of carbonyl (C=O) groups is 1. The van der Waals surface area contributed by atoms with Crippen molar-refractivity contribution < 1.29 is 17.7 Å². The molecule has 0 saturated heterocycles. The fourth-order valence-corrected chi connectivity index (χ4v) is 3.32. The summed E-state index contributed by atoms with van der Waals surface area (Å²) < 4.78 is 32.1. The van der Waals surface area contributed by atoms with Gasteiger partial charge in [0, 0.05) is 5.56 Å². The van der Waals surface area contributed by atoms with Gasteiger partial charge < -0.3 is 10.3 Å². The highest BCUT2D eigenvalue weighted by atomic mass is 32.2. The number of rotatable bonds is 5. The molecule has 1 aromatic carbocycles. The number of aromatic nitrogens is 1. The largest absolute Gasteiger partial charge is 0.368 e. The molecule has 0 saturated carbocycles. The summed E-state index contributed by atoms with van der Waals surface area (Å²) in [6.07, 6.45) is 0. The molecule has 0 radical (unpaired) electrons. The van der Waals surface area contributed by atoms with E-state index in [2.05, 4.69) is 9.88 Å². The maximum Gasteiger partial charge on any atom is 0.251 e. The van der Waals surface area contributed by atoms with Crippen molar-refractivity contribution >= 4 is 21.8 Å². The highest BCUT2D eigenvalue weighted by molar-refractivity contribution is 7.93. The summed E-state index contributed by atoms with van der Waals surface area (Å²) in [5, 5.41) is 2.15. The number of nitrogens with two attached hydrogens (primary N) is 1. The summed E-state index contributed by atoms with van der Waals surface area (Å²) in [5.41, 5.74) is 7.63. The molecule has 118 valence electrons. The molecule has 0 fully saturated rings. The van der Waals surface area contributed by atoms with Crippen LogP contribution in [0.3, 0.4) is 0 Å². The third kappa shape index (κ3) is 3.11. The summed E-state index contributed by atoms with van der Waals surface area (Å²) in [5.74, 6) is -0.985. The van der Waals surface area contributed by atoms with Gasteiger partial charge in [-0.1, -0.05) is 35.0 Å². The SMILES string of the molecule is Cc1ccc(C(C(N)=O)S(=O)(=O)Nc2onc(C)c2C)cc1. The molecule has 0 aliphatic carbocycles. The second-order valence-electron chi connectivity index (χ2n) is 5.06. The van der Waals surface area contributed by atoms with Crippen LogP contribution in [0.15, 0.2) is 28.8 Å². The van der Waals surface area contributed by atoms with Crippen molar-refractivity contribution in [3.8, 4) is 0 Å². The normalized spacial score (nSPS) is 12.9. The van der Waals surface area contributed by atoms with Crippen molar-refractivity contribution in [1.29, 1.82) is 0 Å². The average molecular weight is 323 g/mol. The maximum absolute atomic E-state index is 12.5. The summed E-state index contributed by atoms with van der Waals surface area (Å²) >= 11 is 0. The monoisotopic (exact) mass is 323 g/mol. The topological polar surface area (TPSA) is 115 Å². The molecule has 1 heterocycles. The van der Waals surface area contributed by atoms with E-state index in [-0.39, 0.29) is 5.88 Å². The predicted octanol–water partition coefficient (Wildman–Crippen LogP) is 1.57. The van der Waals surface area contributed by atoms with Gasteiger partial charge in [0.25, 0.3) is 10.0 Å². The van der Waals surface area contributed by atoms with Crippen LogP contribution >= 0.6 is 0 Å². The fourth-order valence-electron chi connectivity index (χ4n) is 1.94. The summed E-state index contributed by atoms with van der Waals surface area (Å²) in [7, 11) is -4.11.